The van der Waals surface area contributed by atoms with Crippen LogP contribution in [-0.2, 0) is 9.59 Å². The number of nitrogens with one attached hydrogen (secondary N) is 3. The molecule has 7 heteroatoms. The molecule has 0 aromatic heterocycles. The van der Waals surface area contributed by atoms with Crippen molar-refractivity contribution >= 4 is 23.4 Å². The molecule has 2 aromatic carbocycles. The number of anilines is 1. The van der Waals surface area contributed by atoms with Crippen LogP contribution < -0.4 is 20.9 Å². The van der Waals surface area contributed by atoms with Crippen LogP contribution in [0.25, 0.3) is 0 Å². The molecule has 0 aliphatic heterocycles. The maximum atomic E-state index is 12.3. The number of hydrazine groups is 1. The minimum absolute atomic E-state index is 0.0732. The molecule has 0 heterocycles. The van der Waals surface area contributed by atoms with Gasteiger partial charge in [-0.2, -0.15) is 0 Å². The molecule has 0 aliphatic carbocycles. The molecule has 0 spiro atoms. The molecule has 0 radical (unpaired) electrons. The van der Waals surface area contributed by atoms with Gasteiger partial charge in [0.2, 0.25) is 5.91 Å². The molecule has 28 heavy (non-hydrogen) atoms. The minimum Gasteiger partial charge on any atom is -0.481 e. The molecule has 0 bridgehead atoms. The van der Waals surface area contributed by atoms with E-state index in [0.717, 1.165) is 6.42 Å². The molecule has 3 amide bonds. The summed E-state index contributed by atoms with van der Waals surface area (Å²) >= 11 is 0. The third-order valence-corrected chi connectivity index (χ3v) is 3.89. The van der Waals surface area contributed by atoms with E-state index in [0.29, 0.717) is 29.8 Å². The average molecular weight is 383 g/mol. The van der Waals surface area contributed by atoms with Crippen LogP contribution in [0.1, 0.15) is 43.5 Å². The Morgan fingerprint density at radius 1 is 0.929 bits per heavy atom. The first-order valence-electron chi connectivity index (χ1n) is 9.25. The molecule has 2 rings (SSSR count). The quantitative estimate of drug-likeness (QED) is 0.611. The highest BCUT2D eigenvalue weighted by molar-refractivity contribution is 5.97. The van der Waals surface area contributed by atoms with Gasteiger partial charge in [-0.25, -0.2) is 0 Å². The van der Waals surface area contributed by atoms with Gasteiger partial charge in [-0.15, -0.1) is 0 Å². The van der Waals surface area contributed by atoms with E-state index in [1.165, 1.54) is 0 Å². The van der Waals surface area contributed by atoms with Crippen LogP contribution in [-0.4, -0.2) is 23.8 Å². The van der Waals surface area contributed by atoms with Crippen LogP contribution in [0.3, 0.4) is 0 Å². The maximum Gasteiger partial charge on any atom is 0.279 e. The molecule has 0 fully saturated rings. The first-order chi connectivity index (χ1) is 13.5. The van der Waals surface area contributed by atoms with E-state index in [1.807, 2.05) is 32.0 Å². The number of hydrogen-bond donors (Lipinski definition) is 3. The molecule has 7 nitrogen and oxygen atoms in total. The van der Waals surface area contributed by atoms with Crippen LogP contribution in [0.2, 0.25) is 0 Å². The second kappa shape index (κ2) is 10.7. The van der Waals surface area contributed by atoms with Gasteiger partial charge in [0.25, 0.3) is 11.8 Å². The second-order valence-corrected chi connectivity index (χ2v) is 6.15. The number of benzene rings is 2. The Kier molecular flexibility index (Phi) is 8.02. The van der Waals surface area contributed by atoms with Crippen LogP contribution in [0.15, 0.2) is 54.6 Å². The number of ether oxygens (including phenoxy) is 1. The van der Waals surface area contributed by atoms with Gasteiger partial charge in [-0.3, -0.25) is 25.2 Å². The zero-order valence-electron chi connectivity index (χ0n) is 16.0. The summed E-state index contributed by atoms with van der Waals surface area (Å²) in [6.45, 7) is 3.75. The molecular formula is C21H25N3O4. The van der Waals surface area contributed by atoms with Crippen molar-refractivity contribution in [3.8, 4) is 5.75 Å². The first kappa shape index (κ1) is 21.0. The smallest absolute Gasteiger partial charge is 0.279 e. The number of hydrogen-bond acceptors (Lipinski definition) is 4. The van der Waals surface area contributed by atoms with E-state index in [-0.39, 0.29) is 5.91 Å². The summed E-state index contributed by atoms with van der Waals surface area (Å²) in [6.07, 6.45) is 0.929. The monoisotopic (exact) mass is 383 g/mol. The van der Waals surface area contributed by atoms with Crippen molar-refractivity contribution in [2.24, 2.45) is 0 Å². The summed E-state index contributed by atoms with van der Waals surface area (Å²) in [5, 5.41) is 2.75. The topological polar surface area (TPSA) is 96.5 Å². The Hall–Kier alpha value is -3.35. The Balaban J connectivity index is 1.86. The molecule has 3 N–H and O–H groups in total. The first-order valence-corrected chi connectivity index (χ1v) is 9.25. The number of para-hydroxylation sites is 1. The van der Waals surface area contributed by atoms with Gasteiger partial charge in [0, 0.05) is 17.7 Å². The molecule has 1 unspecified atom stereocenters. The van der Waals surface area contributed by atoms with Crippen LogP contribution >= 0.6 is 0 Å². The van der Waals surface area contributed by atoms with Gasteiger partial charge in [-0.05, 0) is 49.2 Å². The van der Waals surface area contributed by atoms with Gasteiger partial charge < -0.3 is 10.1 Å². The largest absolute Gasteiger partial charge is 0.481 e. The SMILES string of the molecule is CCCC(=O)Nc1ccc(C(=O)NNC(=O)C(CC)Oc2ccccc2)cc1. The zero-order chi connectivity index (χ0) is 20.4. The number of amides is 3. The Morgan fingerprint density at radius 2 is 1.61 bits per heavy atom. The zero-order valence-corrected chi connectivity index (χ0v) is 16.0. The molecule has 148 valence electrons. The lowest BCUT2D eigenvalue weighted by Gasteiger charge is -2.17. The standard InChI is InChI=1S/C21H25N3O4/c1-3-8-19(25)22-16-13-11-15(12-14-16)20(26)23-24-21(27)18(4-2)28-17-9-6-5-7-10-17/h5-7,9-14,18H,3-4,8H2,1-2H3,(H,22,25)(H,23,26)(H,24,27). The van der Waals surface area contributed by atoms with Crippen molar-refractivity contribution in [3.05, 3.63) is 60.2 Å². The number of rotatable bonds is 8. The predicted octanol–water partition coefficient (Wildman–Crippen LogP) is 3.04. The van der Waals surface area contributed by atoms with E-state index < -0.39 is 17.9 Å². The summed E-state index contributed by atoms with van der Waals surface area (Å²) in [6, 6.07) is 15.4. The fourth-order valence-corrected chi connectivity index (χ4v) is 2.41. The number of carbonyl (C=O) groups is 3. The Labute approximate surface area is 164 Å². The number of carbonyl (C=O) groups excluding carboxylic acids is 3. The molecular weight excluding hydrogens is 358 g/mol. The highest BCUT2D eigenvalue weighted by Crippen LogP contribution is 2.13. The summed E-state index contributed by atoms with van der Waals surface area (Å²) in [5.41, 5.74) is 5.72. The van der Waals surface area contributed by atoms with Crippen molar-refractivity contribution in [2.75, 3.05) is 5.32 Å². The Morgan fingerprint density at radius 3 is 2.21 bits per heavy atom. The van der Waals surface area contributed by atoms with E-state index in [4.69, 9.17) is 4.74 Å². The van der Waals surface area contributed by atoms with Crippen LogP contribution in [0, 0.1) is 0 Å². The highest BCUT2D eigenvalue weighted by Gasteiger charge is 2.19. The molecule has 0 saturated heterocycles. The van der Waals surface area contributed by atoms with Gasteiger partial charge >= 0.3 is 0 Å². The normalized spacial score (nSPS) is 11.2. The van der Waals surface area contributed by atoms with E-state index in [1.54, 1.807) is 36.4 Å². The lowest BCUT2D eigenvalue weighted by Crippen LogP contribution is -2.47. The predicted molar refractivity (Wildman–Crippen MR) is 107 cm³/mol. The molecule has 2 aromatic rings. The van der Waals surface area contributed by atoms with Crippen molar-refractivity contribution in [2.45, 2.75) is 39.2 Å². The fraction of sp³-hybridized carbons (Fsp3) is 0.286. The molecule has 0 saturated carbocycles. The molecule has 0 aliphatic rings. The van der Waals surface area contributed by atoms with Gasteiger partial charge in [-0.1, -0.05) is 32.0 Å². The van der Waals surface area contributed by atoms with Gasteiger partial charge in [0.05, 0.1) is 0 Å². The summed E-state index contributed by atoms with van der Waals surface area (Å²) in [4.78, 5) is 36.0. The highest BCUT2D eigenvalue weighted by atomic mass is 16.5. The Bertz CT molecular complexity index is 791. The van der Waals surface area contributed by atoms with Crippen molar-refractivity contribution in [1.29, 1.82) is 0 Å². The third-order valence-electron chi connectivity index (χ3n) is 3.89. The average Bonchev–Trinajstić information content (AvgIpc) is 2.71. The second-order valence-electron chi connectivity index (χ2n) is 6.15. The fourth-order valence-electron chi connectivity index (χ4n) is 2.41. The summed E-state index contributed by atoms with van der Waals surface area (Å²) < 4.78 is 5.63. The van der Waals surface area contributed by atoms with Crippen LogP contribution in [0.4, 0.5) is 5.69 Å². The minimum atomic E-state index is -0.723. The summed E-state index contributed by atoms with van der Waals surface area (Å²) in [7, 11) is 0. The molecule has 1 atom stereocenters. The van der Waals surface area contributed by atoms with E-state index in [2.05, 4.69) is 16.2 Å². The van der Waals surface area contributed by atoms with E-state index in [9.17, 15) is 14.4 Å². The van der Waals surface area contributed by atoms with Gasteiger partial charge in [0.1, 0.15) is 5.75 Å². The van der Waals surface area contributed by atoms with Crippen molar-refractivity contribution in [3.63, 3.8) is 0 Å². The maximum absolute atomic E-state index is 12.3. The third kappa shape index (κ3) is 6.42. The lowest BCUT2D eigenvalue weighted by atomic mass is 10.2. The summed E-state index contributed by atoms with van der Waals surface area (Å²) in [5.74, 6) is -0.398. The van der Waals surface area contributed by atoms with Crippen molar-refractivity contribution in [1.82, 2.24) is 10.9 Å². The lowest BCUT2D eigenvalue weighted by molar-refractivity contribution is -0.128. The van der Waals surface area contributed by atoms with Crippen LogP contribution in [0.5, 0.6) is 5.75 Å². The van der Waals surface area contributed by atoms with Gasteiger partial charge in [0.15, 0.2) is 6.10 Å². The van der Waals surface area contributed by atoms with E-state index >= 15 is 0 Å². The van der Waals surface area contributed by atoms with Crippen molar-refractivity contribution < 1.29 is 19.1 Å².